The molecule has 0 saturated heterocycles. The van der Waals surface area contributed by atoms with E-state index in [0.29, 0.717) is 4.77 Å². The summed E-state index contributed by atoms with van der Waals surface area (Å²) in [5.74, 6) is 0. The van der Waals surface area contributed by atoms with Crippen LogP contribution in [0.25, 0.3) is 11.3 Å². The number of hydrogen-bond acceptors (Lipinski definition) is 3. The van der Waals surface area contributed by atoms with Gasteiger partial charge in [-0.3, -0.25) is 0 Å². The number of benzene rings is 4. The summed E-state index contributed by atoms with van der Waals surface area (Å²) in [6.07, 6.45) is 3.73. The van der Waals surface area contributed by atoms with Crippen LogP contribution >= 0.6 is 12.2 Å². The van der Waals surface area contributed by atoms with Gasteiger partial charge in [-0.15, -0.1) is 0 Å². The third-order valence-corrected chi connectivity index (χ3v) is 5.59. The summed E-state index contributed by atoms with van der Waals surface area (Å²) in [5.41, 5.74) is 6.30. The van der Waals surface area contributed by atoms with Crippen LogP contribution in [-0.2, 0) is 0 Å². The van der Waals surface area contributed by atoms with Gasteiger partial charge in [-0.1, -0.05) is 78.9 Å². The Bertz CT molecular complexity index is 1360. The number of imidazole rings is 1. The number of hydrogen-bond donors (Lipinski definition) is 1. The van der Waals surface area contributed by atoms with Crippen molar-refractivity contribution in [3.05, 3.63) is 132 Å². The van der Waals surface area contributed by atoms with Crippen LogP contribution in [0.15, 0.2) is 127 Å². The fraction of sp³-hybridized carbons (Fsp3) is 0. The van der Waals surface area contributed by atoms with E-state index in [0.717, 1.165) is 33.9 Å². The Morgan fingerprint density at radius 1 is 0.667 bits per heavy atom. The van der Waals surface area contributed by atoms with Crippen LogP contribution in [0.1, 0.15) is 5.56 Å². The van der Waals surface area contributed by atoms with Gasteiger partial charge < -0.3 is 9.88 Å². The Balaban J connectivity index is 1.41. The monoisotopic (exact) mass is 446 g/mol. The second-order valence-corrected chi connectivity index (χ2v) is 7.91. The molecule has 160 valence electrons. The van der Waals surface area contributed by atoms with E-state index in [2.05, 4.69) is 87.8 Å². The maximum atomic E-state index is 5.44. The molecule has 0 aliphatic heterocycles. The van der Waals surface area contributed by atoms with Crippen LogP contribution in [0.3, 0.4) is 0 Å². The number of aromatic nitrogens is 2. The number of anilines is 3. The zero-order valence-corrected chi connectivity index (χ0v) is 18.7. The molecule has 4 aromatic carbocycles. The summed E-state index contributed by atoms with van der Waals surface area (Å²) in [5, 5.41) is 4.56. The van der Waals surface area contributed by atoms with E-state index in [9.17, 15) is 0 Å². The standard InChI is InChI=1S/C28H22N4S/c33-28-30-27(23-10-4-1-5-11-23)21-31(28)29-20-22-16-18-26(19-17-22)32(24-12-6-2-7-13-24)25-14-8-3-9-15-25/h1-21H,(H,30,33)/b29-20-. The van der Waals surface area contributed by atoms with E-state index in [-0.39, 0.29) is 0 Å². The molecule has 0 bridgehead atoms. The third kappa shape index (κ3) is 4.68. The lowest BCUT2D eigenvalue weighted by atomic mass is 10.1. The molecule has 1 aromatic heterocycles. The quantitative estimate of drug-likeness (QED) is 0.216. The van der Waals surface area contributed by atoms with Crippen molar-refractivity contribution in [1.29, 1.82) is 0 Å². The molecule has 1 heterocycles. The van der Waals surface area contributed by atoms with Crippen LogP contribution in [0.4, 0.5) is 17.1 Å². The molecule has 0 amide bonds. The highest BCUT2D eigenvalue weighted by Crippen LogP contribution is 2.33. The Hall–Kier alpha value is -4.22. The summed E-state index contributed by atoms with van der Waals surface area (Å²) < 4.78 is 2.24. The van der Waals surface area contributed by atoms with E-state index >= 15 is 0 Å². The number of para-hydroxylation sites is 2. The summed E-state index contributed by atoms with van der Waals surface area (Å²) in [7, 11) is 0. The second-order valence-electron chi connectivity index (χ2n) is 7.53. The number of nitrogens with one attached hydrogen (secondary N) is 1. The maximum absolute atomic E-state index is 5.44. The minimum Gasteiger partial charge on any atom is -0.329 e. The van der Waals surface area contributed by atoms with Gasteiger partial charge in [0.05, 0.1) is 18.1 Å². The van der Waals surface area contributed by atoms with Crippen molar-refractivity contribution in [2.75, 3.05) is 4.90 Å². The molecule has 0 fully saturated rings. The number of rotatable bonds is 6. The molecule has 5 aromatic rings. The molecule has 0 aliphatic carbocycles. The van der Waals surface area contributed by atoms with Crippen molar-refractivity contribution in [2.24, 2.45) is 5.10 Å². The van der Waals surface area contributed by atoms with Gasteiger partial charge in [-0.2, -0.15) is 5.10 Å². The minimum absolute atomic E-state index is 0.557. The number of nitrogens with zero attached hydrogens (tertiary/aromatic N) is 3. The van der Waals surface area contributed by atoms with E-state index in [1.807, 2.05) is 54.9 Å². The van der Waals surface area contributed by atoms with Gasteiger partial charge in [-0.25, -0.2) is 4.68 Å². The van der Waals surface area contributed by atoms with Crippen molar-refractivity contribution < 1.29 is 0 Å². The molecule has 0 unspecified atom stereocenters. The fourth-order valence-electron chi connectivity index (χ4n) is 3.68. The average molecular weight is 447 g/mol. The molecule has 5 heteroatoms. The molecule has 0 atom stereocenters. The normalized spacial score (nSPS) is 11.0. The summed E-state index contributed by atoms with van der Waals surface area (Å²) in [6, 6.07) is 39.1. The van der Waals surface area contributed by atoms with Gasteiger partial charge in [-0.05, 0) is 59.7 Å². The zero-order valence-electron chi connectivity index (χ0n) is 17.9. The summed E-state index contributed by atoms with van der Waals surface area (Å²) in [4.78, 5) is 5.45. The third-order valence-electron chi connectivity index (χ3n) is 5.30. The van der Waals surface area contributed by atoms with Crippen LogP contribution in [0.2, 0.25) is 0 Å². The topological polar surface area (TPSA) is 36.3 Å². The highest BCUT2D eigenvalue weighted by Gasteiger charge is 2.11. The Morgan fingerprint density at radius 2 is 1.18 bits per heavy atom. The first kappa shape index (κ1) is 20.7. The fourth-order valence-corrected chi connectivity index (χ4v) is 3.89. The van der Waals surface area contributed by atoms with Crippen molar-refractivity contribution >= 4 is 35.5 Å². The molecular formula is C28H22N4S. The van der Waals surface area contributed by atoms with E-state index in [4.69, 9.17) is 12.2 Å². The van der Waals surface area contributed by atoms with Gasteiger partial charge in [0, 0.05) is 17.1 Å². The van der Waals surface area contributed by atoms with Gasteiger partial charge in [0.2, 0.25) is 0 Å². The van der Waals surface area contributed by atoms with Gasteiger partial charge >= 0.3 is 0 Å². The highest BCUT2D eigenvalue weighted by molar-refractivity contribution is 7.71. The van der Waals surface area contributed by atoms with Crippen LogP contribution in [-0.4, -0.2) is 15.9 Å². The molecule has 0 spiro atoms. The van der Waals surface area contributed by atoms with Crippen molar-refractivity contribution in [2.45, 2.75) is 0 Å². The smallest absolute Gasteiger partial charge is 0.198 e. The summed E-state index contributed by atoms with van der Waals surface area (Å²) >= 11 is 5.44. The minimum atomic E-state index is 0.557. The van der Waals surface area contributed by atoms with Gasteiger partial charge in [0.1, 0.15) is 0 Å². The average Bonchev–Trinajstić information content (AvgIpc) is 3.26. The largest absolute Gasteiger partial charge is 0.329 e. The lowest BCUT2D eigenvalue weighted by molar-refractivity contribution is 0.864. The van der Waals surface area contributed by atoms with Crippen molar-refractivity contribution in [3.8, 4) is 11.3 Å². The van der Waals surface area contributed by atoms with E-state index in [1.54, 1.807) is 4.68 Å². The Kier molecular flexibility index (Phi) is 5.95. The molecule has 0 radical (unpaired) electrons. The first-order valence-electron chi connectivity index (χ1n) is 10.7. The molecule has 33 heavy (non-hydrogen) atoms. The van der Waals surface area contributed by atoms with Crippen LogP contribution in [0.5, 0.6) is 0 Å². The van der Waals surface area contributed by atoms with Crippen molar-refractivity contribution in [1.82, 2.24) is 9.66 Å². The Labute approximate surface area is 198 Å². The van der Waals surface area contributed by atoms with Crippen molar-refractivity contribution in [3.63, 3.8) is 0 Å². The van der Waals surface area contributed by atoms with Gasteiger partial charge in [0.15, 0.2) is 4.77 Å². The second kappa shape index (κ2) is 9.51. The van der Waals surface area contributed by atoms with Crippen LogP contribution in [0, 0.1) is 4.77 Å². The predicted octanol–water partition coefficient (Wildman–Crippen LogP) is 7.56. The molecule has 4 nitrogen and oxygen atoms in total. The predicted molar refractivity (Wildman–Crippen MR) is 139 cm³/mol. The Morgan fingerprint density at radius 3 is 1.76 bits per heavy atom. The molecule has 1 N–H and O–H groups in total. The number of aromatic amines is 1. The van der Waals surface area contributed by atoms with Crippen LogP contribution < -0.4 is 4.90 Å². The first-order chi connectivity index (χ1) is 16.3. The highest BCUT2D eigenvalue weighted by atomic mass is 32.1. The molecule has 0 saturated carbocycles. The molecule has 5 rings (SSSR count). The molecule has 0 aliphatic rings. The lowest BCUT2D eigenvalue weighted by Gasteiger charge is -2.25. The molecular weight excluding hydrogens is 424 g/mol. The first-order valence-corrected chi connectivity index (χ1v) is 11.1. The summed E-state index contributed by atoms with van der Waals surface area (Å²) in [6.45, 7) is 0. The van der Waals surface area contributed by atoms with Gasteiger partial charge in [0.25, 0.3) is 0 Å². The zero-order chi connectivity index (χ0) is 22.5. The van der Waals surface area contributed by atoms with E-state index < -0.39 is 0 Å². The van der Waals surface area contributed by atoms with E-state index in [1.165, 1.54) is 0 Å². The number of H-pyrrole nitrogens is 1. The lowest BCUT2D eigenvalue weighted by Crippen LogP contribution is -2.09. The SMILES string of the molecule is S=c1[nH]c(-c2ccccc2)cn1/N=C\c1ccc(N(c2ccccc2)c2ccccc2)cc1. The maximum Gasteiger partial charge on any atom is 0.198 e.